The first-order chi connectivity index (χ1) is 7.66. The fourth-order valence-corrected chi connectivity index (χ4v) is 2.14. The van der Waals surface area contributed by atoms with E-state index in [1.54, 1.807) is 0 Å². The molecule has 1 aromatic carbocycles. The Morgan fingerprint density at radius 3 is 3.00 bits per heavy atom. The van der Waals surface area contributed by atoms with Crippen LogP contribution in [0.4, 0.5) is 0 Å². The summed E-state index contributed by atoms with van der Waals surface area (Å²) in [7, 11) is 0. The maximum absolute atomic E-state index is 10.6. The molecule has 0 fully saturated rings. The number of hydrogen-bond acceptors (Lipinski definition) is 4. The van der Waals surface area contributed by atoms with E-state index in [9.17, 15) is 4.79 Å². The van der Waals surface area contributed by atoms with Crippen LogP contribution in [0.1, 0.15) is 11.9 Å². The molecule has 0 aliphatic carbocycles. The number of fused-ring (bicyclic) bond motifs is 1. The highest BCUT2D eigenvalue weighted by molar-refractivity contribution is 7.18. The highest BCUT2D eigenvalue weighted by Gasteiger charge is 2.12. The van der Waals surface area contributed by atoms with Gasteiger partial charge >= 0.3 is 5.97 Å². The van der Waals surface area contributed by atoms with Crippen LogP contribution in [0.5, 0.6) is 0 Å². The topological polar surface area (TPSA) is 59.4 Å². The molecule has 0 saturated heterocycles. The van der Waals surface area contributed by atoms with Crippen LogP contribution in [0.15, 0.2) is 24.3 Å². The van der Waals surface area contributed by atoms with Crippen molar-refractivity contribution in [3.63, 3.8) is 0 Å². The molecule has 0 bridgehead atoms. The Morgan fingerprint density at radius 1 is 1.56 bits per heavy atom. The minimum atomic E-state index is -0.957. The summed E-state index contributed by atoms with van der Waals surface area (Å²) in [4.78, 5) is 14.9. The van der Waals surface area contributed by atoms with Gasteiger partial charge in [-0.25, -0.2) is 9.78 Å². The number of nitrogens with zero attached hydrogens (tertiary/aromatic N) is 1. The summed E-state index contributed by atoms with van der Waals surface area (Å²) in [5.74, 6) is -0.957. The number of thiazole rings is 1. The molecule has 1 atom stereocenters. The lowest BCUT2D eigenvalue weighted by Gasteiger charge is -2.05. The highest BCUT2D eigenvalue weighted by Crippen LogP contribution is 2.22. The third-order valence-electron chi connectivity index (χ3n) is 2.14. The number of carboxylic acids is 1. The van der Waals surface area contributed by atoms with Crippen molar-refractivity contribution in [1.29, 1.82) is 0 Å². The Balaban J connectivity index is 2.07. The van der Waals surface area contributed by atoms with E-state index < -0.39 is 12.1 Å². The first kappa shape index (κ1) is 11.0. The van der Waals surface area contributed by atoms with Gasteiger partial charge in [0.25, 0.3) is 0 Å². The standard InChI is InChI=1S/C11H11NO3S/c1-7(11(13)14)15-6-10-12-8-4-2-3-5-9(8)16-10/h2-5,7H,6H2,1H3,(H,13,14)/t7-/m1/s1. The summed E-state index contributed by atoms with van der Waals surface area (Å²) in [6.07, 6.45) is -0.799. The van der Waals surface area contributed by atoms with Gasteiger partial charge in [0.1, 0.15) is 5.01 Å². The molecule has 0 spiro atoms. The van der Waals surface area contributed by atoms with Gasteiger partial charge in [-0.1, -0.05) is 12.1 Å². The van der Waals surface area contributed by atoms with E-state index in [0.29, 0.717) is 0 Å². The summed E-state index contributed by atoms with van der Waals surface area (Å²) in [6.45, 7) is 1.75. The summed E-state index contributed by atoms with van der Waals surface area (Å²) in [6, 6.07) is 7.78. The summed E-state index contributed by atoms with van der Waals surface area (Å²) in [5, 5.41) is 9.46. The maximum Gasteiger partial charge on any atom is 0.332 e. The van der Waals surface area contributed by atoms with Crippen LogP contribution in [0, 0.1) is 0 Å². The molecule has 2 aromatic rings. The van der Waals surface area contributed by atoms with Crippen LogP contribution in [-0.2, 0) is 16.1 Å². The Kier molecular flexibility index (Phi) is 3.17. The van der Waals surface area contributed by atoms with Gasteiger partial charge in [-0.2, -0.15) is 0 Å². The van der Waals surface area contributed by atoms with Gasteiger partial charge in [0.15, 0.2) is 6.10 Å². The molecule has 0 radical (unpaired) electrons. The average Bonchev–Trinajstić information content (AvgIpc) is 2.68. The van der Waals surface area contributed by atoms with Crippen LogP contribution in [-0.4, -0.2) is 22.2 Å². The zero-order chi connectivity index (χ0) is 11.5. The van der Waals surface area contributed by atoms with Crippen LogP contribution < -0.4 is 0 Å². The SMILES string of the molecule is C[C@@H](OCc1nc2ccccc2s1)C(=O)O. The number of carbonyl (C=O) groups is 1. The predicted octanol–water partition coefficient (Wildman–Crippen LogP) is 2.29. The van der Waals surface area contributed by atoms with Crippen molar-refractivity contribution in [2.45, 2.75) is 19.6 Å². The number of hydrogen-bond donors (Lipinski definition) is 1. The molecule has 0 aliphatic heterocycles. The van der Waals surface area contributed by atoms with Crippen molar-refractivity contribution in [2.24, 2.45) is 0 Å². The lowest BCUT2D eigenvalue weighted by molar-refractivity contribution is -0.149. The summed E-state index contributed by atoms with van der Waals surface area (Å²) in [5.41, 5.74) is 0.925. The first-order valence-electron chi connectivity index (χ1n) is 4.85. The lowest BCUT2D eigenvalue weighted by atomic mass is 10.3. The van der Waals surface area contributed by atoms with Gasteiger partial charge in [-0.05, 0) is 19.1 Å². The summed E-state index contributed by atoms with van der Waals surface area (Å²) < 4.78 is 6.25. The molecule has 2 rings (SSSR count). The Bertz CT molecular complexity index is 476. The molecular weight excluding hydrogens is 226 g/mol. The van der Waals surface area contributed by atoms with Gasteiger partial charge in [0.2, 0.25) is 0 Å². The number of benzene rings is 1. The third kappa shape index (κ3) is 2.37. The molecular formula is C11H11NO3S. The van der Waals surface area contributed by atoms with Crippen molar-refractivity contribution >= 4 is 27.5 Å². The second-order valence-corrected chi connectivity index (χ2v) is 4.48. The fourth-order valence-electron chi connectivity index (χ4n) is 1.25. The van der Waals surface area contributed by atoms with Gasteiger partial charge < -0.3 is 9.84 Å². The molecule has 0 unspecified atom stereocenters. The van der Waals surface area contributed by atoms with Crippen LogP contribution in [0.25, 0.3) is 10.2 Å². The van der Waals surface area contributed by atoms with Crippen molar-refractivity contribution in [3.8, 4) is 0 Å². The molecule has 1 heterocycles. The number of para-hydroxylation sites is 1. The number of ether oxygens (including phenoxy) is 1. The Morgan fingerprint density at radius 2 is 2.31 bits per heavy atom. The smallest absolute Gasteiger partial charge is 0.332 e. The summed E-state index contributed by atoms with van der Waals surface area (Å²) >= 11 is 1.52. The molecule has 0 saturated carbocycles. The van der Waals surface area contributed by atoms with E-state index >= 15 is 0 Å². The van der Waals surface area contributed by atoms with Crippen LogP contribution in [0.2, 0.25) is 0 Å². The van der Waals surface area contributed by atoms with E-state index in [0.717, 1.165) is 15.2 Å². The Hall–Kier alpha value is -1.46. The first-order valence-corrected chi connectivity index (χ1v) is 5.67. The number of carboxylic acid groups (broad SMARTS) is 1. The van der Waals surface area contributed by atoms with Crippen molar-refractivity contribution in [1.82, 2.24) is 4.98 Å². The molecule has 16 heavy (non-hydrogen) atoms. The van der Waals surface area contributed by atoms with Gasteiger partial charge in [-0.3, -0.25) is 0 Å². The normalized spacial score (nSPS) is 12.8. The maximum atomic E-state index is 10.6. The van der Waals surface area contributed by atoms with Crippen molar-refractivity contribution in [2.75, 3.05) is 0 Å². The quantitative estimate of drug-likeness (QED) is 0.886. The molecule has 5 heteroatoms. The van der Waals surface area contributed by atoms with Gasteiger partial charge in [0.05, 0.1) is 16.8 Å². The average molecular weight is 237 g/mol. The van der Waals surface area contributed by atoms with Crippen LogP contribution >= 0.6 is 11.3 Å². The number of rotatable bonds is 4. The molecule has 1 N–H and O–H groups in total. The van der Waals surface area contributed by atoms with Crippen LogP contribution in [0.3, 0.4) is 0 Å². The highest BCUT2D eigenvalue weighted by atomic mass is 32.1. The zero-order valence-corrected chi connectivity index (χ0v) is 9.53. The largest absolute Gasteiger partial charge is 0.479 e. The predicted molar refractivity (Wildman–Crippen MR) is 61.5 cm³/mol. The molecule has 0 aliphatic rings. The molecule has 0 amide bonds. The second kappa shape index (κ2) is 4.59. The van der Waals surface area contributed by atoms with E-state index in [-0.39, 0.29) is 6.61 Å². The third-order valence-corrected chi connectivity index (χ3v) is 3.15. The van der Waals surface area contributed by atoms with E-state index in [1.807, 2.05) is 24.3 Å². The van der Waals surface area contributed by atoms with E-state index in [4.69, 9.17) is 9.84 Å². The van der Waals surface area contributed by atoms with Crippen molar-refractivity contribution in [3.05, 3.63) is 29.3 Å². The molecule has 1 aromatic heterocycles. The minimum Gasteiger partial charge on any atom is -0.479 e. The minimum absolute atomic E-state index is 0.243. The van der Waals surface area contributed by atoms with Crippen molar-refractivity contribution < 1.29 is 14.6 Å². The van der Waals surface area contributed by atoms with Gasteiger partial charge in [-0.15, -0.1) is 11.3 Å². The molecule has 84 valence electrons. The van der Waals surface area contributed by atoms with E-state index in [1.165, 1.54) is 18.3 Å². The fraction of sp³-hybridized carbons (Fsp3) is 0.273. The Labute approximate surface area is 96.5 Å². The lowest BCUT2D eigenvalue weighted by Crippen LogP contribution is -2.19. The van der Waals surface area contributed by atoms with Gasteiger partial charge in [0, 0.05) is 0 Å². The second-order valence-electron chi connectivity index (χ2n) is 3.37. The molecule has 4 nitrogen and oxygen atoms in total. The number of aromatic nitrogens is 1. The number of aliphatic carboxylic acids is 1. The monoisotopic (exact) mass is 237 g/mol. The zero-order valence-electron chi connectivity index (χ0n) is 8.71. The van der Waals surface area contributed by atoms with E-state index in [2.05, 4.69) is 4.98 Å².